The topological polar surface area (TPSA) is 67.4 Å². The summed E-state index contributed by atoms with van der Waals surface area (Å²) >= 11 is 0. The van der Waals surface area contributed by atoms with E-state index >= 15 is 0 Å². The number of furan rings is 1. The maximum absolute atomic E-state index is 10.9. The summed E-state index contributed by atoms with van der Waals surface area (Å²) in [6.45, 7) is 4.73. The van der Waals surface area contributed by atoms with Crippen molar-refractivity contribution in [3.63, 3.8) is 0 Å². The van der Waals surface area contributed by atoms with E-state index in [9.17, 15) is 4.79 Å². The normalized spacial score (nSPS) is 11.0. The van der Waals surface area contributed by atoms with Crippen LogP contribution in [0.25, 0.3) is 11.0 Å². The zero-order chi connectivity index (χ0) is 15.0. The molecule has 0 aliphatic carbocycles. The van der Waals surface area contributed by atoms with Crippen molar-refractivity contribution in [2.75, 3.05) is 5.43 Å². The summed E-state index contributed by atoms with van der Waals surface area (Å²) in [6, 6.07) is 11.3. The second-order valence-corrected chi connectivity index (χ2v) is 5.07. The number of carboxylic acids is 1. The molecule has 21 heavy (non-hydrogen) atoms. The van der Waals surface area contributed by atoms with Crippen molar-refractivity contribution in [3.05, 3.63) is 59.1 Å². The first-order valence-corrected chi connectivity index (χ1v) is 6.69. The average molecular weight is 284 g/mol. The molecule has 108 valence electrons. The second-order valence-electron chi connectivity index (χ2n) is 5.07. The van der Waals surface area contributed by atoms with Gasteiger partial charge in [0, 0.05) is 16.8 Å². The number of aromatic carboxylic acids is 1. The van der Waals surface area contributed by atoms with Gasteiger partial charge in [-0.05, 0) is 49.7 Å². The van der Waals surface area contributed by atoms with Crippen molar-refractivity contribution in [1.82, 2.24) is 4.68 Å². The molecule has 0 saturated carbocycles. The summed E-state index contributed by atoms with van der Waals surface area (Å²) < 4.78 is 7.28. The first-order valence-electron chi connectivity index (χ1n) is 6.69. The van der Waals surface area contributed by atoms with Gasteiger partial charge in [-0.3, -0.25) is 4.68 Å². The number of nitrogens with one attached hydrogen (secondary N) is 1. The molecule has 1 aromatic carbocycles. The van der Waals surface area contributed by atoms with Gasteiger partial charge in [0.1, 0.15) is 5.58 Å². The number of rotatable bonds is 4. The molecule has 0 aliphatic heterocycles. The predicted octanol–water partition coefficient (Wildman–Crippen LogP) is 3.29. The monoisotopic (exact) mass is 284 g/mol. The lowest BCUT2D eigenvalue weighted by atomic mass is 10.1. The Balaban J connectivity index is 1.83. The molecule has 2 heterocycles. The Kier molecular flexibility index (Phi) is 3.17. The van der Waals surface area contributed by atoms with Gasteiger partial charge in [0.05, 0.1) is 6.54 Å². The van der Waals surface area contributed by atoms with E-state index < -0.39 is 5.97 Å². The lowest BCUT2D eigenvalue weighted by molar-refractivity contribution is 0.0665. The van der Waals surface area contributed by atoms with E-state index in [1.54, 1.807) is 12.1 Å². The number of hydrogen-bond donors (Lipinski definition) is 2. The van der Waals surface area contributed by atoms with Crippen LogP contribution in [0.5, 0.6) is 0 Å². The van der Waals surface area contributed by atoms with Crippen LogP contribution in [0.2, 0.25) is 0 Å². The number of aryl methyl sites for hydroxylation is 2. The van der Waals surface area contributed by atoms with Crippen molar-refractivity contribution in [3.8, 4) is 0 Å². The molecule has 0 fully saturated rings. The fraction of sp³-hybridized carbons (Fsp3) is 0.188. The summed E-state index contributed by atoms with van der Waals surface area (Å²) in [6.07, 6.45) is 0. The van der Waals surface area contributed by atoms with Crippen LogP contribution in [0.3, 0.4) is 0 Å². The Morgan fingerprint density at radius 2 is 1.90 bits per heavy atom. The van der Waals surface area contributed by atoms with Crippen molar-refractivity contribution in [2.24, 2.45) is 0 Å². The van der Waals surface area contributed by atoms with Gasteiger partial charge in [-0.25, -0.2) is 4.79 Å². The van der Waals surface area contributed by atoms with E-state index in [2.05, 4.69) is 17.6 Å². The molecule has 0 saturated heterocycles. The van der Waals surface area contributed by atoms with Gasteiger partial charge >= 0.3 is 5.97 Å². The van der Waals surface area contributed by atoms with Crippen LogP contribution >= 0.6 is 0 Å². The average Bonchev–Trinajstić information content (AvgIpc) is 3.01. The lowest BCUT2D eigenvalue weighted by Gasteiger charge is -2.12. The minimum absolute atomic E-state index is 0.0350. The van der Waals surface area contributed by atoms with Crippen LogP contribution in [-0.2, 0) is 6.54 Å². The molecule has 0 amide bonds. The van der Waals surface area contributed by atoms with E-state index in [0.29, 0.717) is 12.1 Å². The van der Waals surface area contributed by atoms with Gasteiger partial charge in [0.15, 0.2) is 0 Å². The zero-order valence-corrected chi connectivity index (χ0v) is 11.9. The molecule has 3 rings (SSSR count). The van der Waals surface area contributed by atoms with Crippen molar-refractivity contribution < 1.29 is 14.3 Å². The highest BCUT2D eigenvalue weighted by atomic mass is 16.4. The van der Waals surface area contributed by atoms with E-state index in [1.165, 1.54) is 0 Å². The van der Waals surface area contributed by atoms with Crippen LogP contribution in [0, 0.1) is 13.8 Å². The Labute approximate surface area is 121 Å². The van der Waals surface area contributed by atoms with Gasteiger partial charge in [0.25, 0.3) is 0 Å². The van der Waals surface area contributed by atoms with E-state index in [4.69, 9.17) is 9.52 Å². The number of fused-ring (bicyclic) bond motifs is 1. The fourth-order valence-corrected chi connectivity index (χ4v) is 2.40. The summed E-state index contributed by atoms with van der Waals surface area (Å²) in [5, 5.41) is 9.73. The molecule has 0 bridgehead atoms. The minimum atomic E-state index is -1.05. The molecule has 0 spiro atoms. The number of nitrogens with zero attached hydrogens (tertiary/aromatic N) is 1. The van der Waals surface area contributed by atoms with Crippen molar-refractivity contribution >= 4 is 16.9 Å². The maximum atomic E-state index is 10.9. The fourth-order valence-electron chi connectivity index (χ4n) is 2.40. The maximum Gasteiger partial charge on any atom is 0.371 e. The Morgan fingerprint density at radius 1 is 1.19 bits per heavy atom. The van der Waals surface area contributed by atoms with E-state index in [0.717, 1.165) is 22.3 Å². The third-order valence-corrected chi connectivity index (χ3v) is 3.50. The molecule has 0 atom stereocenters. The third-order valence-electron chi connectivity index (χ3n) is 3.50. The SMILES string of the molecule is Cc1ccc(C)n1NCc1ccc2oc(C(=O)O)cc2c1. The number of carboxylic acid groups (broad SMARTS) is 1. The molecule has 5 heteroatoms. The lowest BCUT2D eigenvalue weighted by Crippen LogP contribution is -2.16. The molecule has 0 unspecified atom stereocenters. The molecular weight excluding hydrogens is 268 g/mol. The summed E-state index contributed by atoms with van der Waals surface area (Å²) in [5.41, 5.74) is 7.28. The highest BCUT2D eigenvalue weighted by Gasteiger charge is 2.10. The second kappa shape index (κ2) is 5.01. The van der Waals surface area contributed by atoms with Crippen molar-refractivity contribution in [2.45, 2.75) is 20.4 Å². The molecule has 2 N–H and O–H groups in total. The summed E-state index contributed by atoms with van der Waals surface area (Å²) in [5.74, 6) is -1.09. The van der Waals surface area contributed by atoms with E-state index in [1.807, 2.05) is 30.7 Å². The van der Waals surface area contributed by atoms with Crippen LogP contribution in [-0.4, -0.2) is 15.8 Å². The first kappa shape index (κ1) is 13.3. The highest BCUT2D eigenvalue weighted by Crippen LogP contribution is 2.21. The van der Waals surface area contributed by atoms with Gasteiger partial charge in [0.2, 0.25) is 5.76 Å². The predicted molar refractivity (Wildman–Crippen MR) is 80.1 cm³/mol. The van der Waals surface area contributed by atoms with Gasteiger partial charge in [-0.2, -0.15) is 0 Å². The Morgan fingerprint density at radius 3 is 2.57 bits per heavy atom. The van der Waals surface area contributed by atoms with Crippen LogP contribution in [0.4, 0.5) is 0 Å². The number of aromatic nitrogens is 1. The largest absolute Gasteiger partial charge is 0.475 e. The standard InChI is InChI=1S/C16H16N2O3/c1-10-3-4-11(2)18(10)17-9-12-5-6-14-13(7-12)8-15(21-14)16(19)20/h3-8,17H,9H2,1-2H3,(H,19,20). The van der Waals surface area contributed by atoms with Gasteiger partial charge in [-0.15, -0.1) is 0 Å². The summed E-state index contributed by atoms with van der Waals surface area (Å²) in [4.78, 5) is 10.9. The Hall–Kier alpha value is -2.69. The number of benzene rings is 1. The molecule has 5 nitrogen and oxygen atoms in total. The van der Waals surface area contributed by atoms with Gasteiger partial charge in [-0.1, -0.05) is 6.07 Å². The highest BCUT2D eigenvalue weighted by molar-refractivity contribution is 5.91. The third kappa shape index (κ3) is 2.50. The van der Waals surface area contributed by atoms with Crippen LogP contribution < -0.4 is 5.43 Å². The molecule has 0 aliphatic rings. The smallest absolute Gasteiger partial charge is 0.371 e. The summed E-state index contributed by atoms with van der Waals surface area (Å²) in [7, 11) is 0. The van der Waals surface area contributed by atoms with Crippen LogP contribution in [0.1, 0.15) is 27.5 Å². The molecule has 2 aromatic heterocycles. The molecular formula is C16H16N2O3. The Bertz CT molecular complexity index is 795. The van der Waals surface area contributed by atoms with Gasteiger partial charge < -0.3 is 14.9 Å². The minimum Gasteiger partial charge on any atom is -0.475 e. The number of hydrogen-bond acceptors (Lipinski definition) is 3. The van der Waals surface area contributed by atoms with Crippen molar-refractivity contribution in [1.29, 1.82) is 0 Å². The quantitative estimate of drug-likeness (QED) is 0.771. The first-order chi connectivity index (χ1) is 10.0. The zero-order valence-electron chi connectivity index (χ0n) is 11.9. The number of carbonyl (C=O) groups is 1. The molecule has 0 radical (unpaired) electrons. The van der Waals surface area contributed by atoms with E-state index in [-0.39, 0.29) is 5.76 Å². The molecule has 3 aromatic rings. The van der Waals surface area contributed by atoms with Crippen LogP contribution in [0.15, 0.2) is 40.8 Å².